The van der Waals surface area contributed by atoms with Crippen molar-refractivity contribution in [3.8, 4) is 0 Å². The van der Waals surface area contributed by atoms with Gasteiger partial charge in [-0.25, -0.2) is 0 Å². The van der Waals surface area contributed by atoms with Gasteiger partial charge in [-0.1, -0.05) is 89.5 Å². The highest BCUT2D eigenvalue weighted by Crippen LogP contribution is 2.20. The van der Waals surface area contributed by atoms with Gasteiger partial charge in [0.1, 0.15) is 0 Å². The summed E-state index contributed by atoms with van der Waals surface area (Å²) < 4.78 is 0. The first-order valence-electron chi connectivity index (χ1n) is 8.86. The van der Waals surface area contributed by atoms with Crippen LogP contribution in [0.3, 0.4) is 0 Å². The summed E-state index contributed by atoms with van der Waals surface area (Å²) in [6.45, 7) is 6.26. The summed E-state index contributed by atoms with van der Waals surface area (Å²) in [6.07, 6.45) is 3.55. The molecule has 0 aliphatic carbocycles. The summed E-state index contributed by atoms with van der Waals surface area (Å²) in [4.78, 5) is 9.47. The van der Waals surface area contributed by atoms with Crippen molar-refractivity contribution in [3.05, 3.63) is 106 Å². The zero-order valence-electron chi connectivity index (χ0n) is 15.6. The Bertz CT molecular complexity index is 831. The van der Waals surface area contributed by atoms with Gasteiger partial charge in [0.2, 0.25) is 0 Å². The molecule has 26 heavy (non-hydrogen) atoms. The first-order valence-corrected chi connectivity index (χ1v) is 8.86. The Hall–Kier alpha value is -3.00. The Kier molecular flexibility index (Phi) is 5.75. The smallest absolute Gasteiger partial charge is 0.165 e. The van der Waals surface area contributed by atoms with E-state index in [1.807, 2.05) is 12.4 Å². The first-order chi connectivity index (χ1) is 12.6. The third kappa shape index (κ3) is 5.00. The SMILES string of the molecule is Cc1ccc(C=NC(N=Cc2ccc(C)cc2)c2ccc(C)cc2)cc1. The highest BCUT2D eigenvalue weighted by molar-refractivity contribution is 5.81. The van der Waals surface area contributed by atoms with Crippen LogP contribution in [0.15, 0.2) is 82.8 Å². The van der Waals surface area contributed by atoms with E-state index in [1.165, 1.54) is 16.7 Å². The van der Waals surface area contributed by atoms with E-state index in [2.05, 4.69) is 93.6 Å². The number of hydrogen-bond acceptors (Lipinski definition) is 2. The second-order valence-electron chi connectivity index (χ2n) is 6.66. The van der Waals surface area contributed by atoms with Crippen LogP contribution in [0.5, 0.6) is 0 Å². The van der Waals surface area contributed by atoms with Crippen molar-refractivity contribution in [1.82, 2.24) is 0 Å². The maximum Gasteiger partial charge on any atom is 0.165 e. The zero-order chi connectivity index (χ0) is 18.4. The van der Waals surface area contributed by atoms with Gasteiger partial charge >= 0.3 is 0 Å². The minimum absolute atomic E-state index is 0.252. The molecule has 0 fully saturated rings. The van der Waals surface area contributed by atoms with Crippen LogP contribution in [0.2, 0.25) is 0 Å². The van der Waals surface area contributed by atoms with Gasteiger partial charge in [-0.3, -0.25) is 9.98 Å². The maximum atomic E-state index is 4.73. The maximum absolute atomic E-state index is 4.73. The number of benzene rings is 3. The van der Waals surface area contributed by atoms with Gasteiger partial charge < -0.3 is 0 Å². The lowest BCUT2D eigenvalue weighted by Gasteiger charge is -2.09. The highest BCUT2D eigenvalue weighted by Gasteiger charge is 2.06. The summed E-state index contributed by atoms with van der Waals surface area (Å²) in [5.74, 6) is 0. The van der Waals surface area contributed by atoms with E-state index in [0.29, 0.717) is 0 Å². The monoisotopic (exact) mass is 340 g/mol. The molecule has 3 aromatic rings. The number of nitrogens with zero attached hydrogens (tertiary/aromatic N) is 2. The van der Waals surface area contributed by atoms with E-state index in [-0.39, 0.29) is 6.17 Å². The van der Waals surface area contributed by atoms with Gasteiger partial charge in [0.05, 0.1) is 0 Å². The van der Waals surface area contributed by atoms with Gasteiger partial charge in [0.25, 0.3) is 0 Å². The van der Waals surface area contributed by atoms with Crippen LogP contribution in [-0.2, 0) is 0 Å². The third-order valence-corrected chi connectivity index (χ3v) is 4.26. The molecular weight excluding hydrogens is 316 g/mol. The van der Waals surface area contributed by atoms with Crippen LogP contribution < -0.4 is 0 Å². The van der Waals surface area contributed by atoms with Crippen molar-refractivity contribution in [2.75, 3.05) is 0 Å². The van der Waals surface area contributed by atoms with Crippen molar-refractivity contribution in [2.45, 2.75) is 26.9 Å². The Balaban J connectivity index is 1.86. The Morgan fingerprint density at radius 3 is 1.27 bits per heavy atom. The molecule has 0 radical (unpaired) electrons. The molecule has 0 saturated heterocycles. The molecule has 0 spiro atoms. The van der Waals surface area contributed by atoms with E-state index in [4.69, 9.17) is 9.98 Å². The molecule has 3 rings (SSSR count). The Morgan fingerprint density at radius 2 is 0.885 bits per heavy atom. The van der Waals surface area contributed by atoms with E-state index < -0.39 is 0 Å². The topological polar surface area (TPSA) is 24.7 Å². The summed E-state index contributed by atoms with van der Waals surface area (Å²) in [6, 6.07) is 25.1. The van der Waals surface area contributed by atoms with Gasteiger partial charge in [-0.05, 0) is 37.5 Å². The molecule has 3 aromatic carbocycles. The van der Waals surface area contributed by atoms with Crippen molar-refractivity contribution in [1.29, 1.82) is 0 Å². The predicted molar refractivity (Wildman–Crippen MR) is 111 cm³/mol. The van der Waals surface area contributed by atoms with Gasteiger partial charge in [-0.15, -0.1) is 0 Å². The molecule has 130 valence electrons. The van der Waals surface area contributed by atoms with E-state index in [1.54, 1.807) is 0 Å². The summed E-state index contributed by atoms with van der Waals surface area (Å²) in [5.41, 5.74) is 6.97. The summed E-state index contributed by atoms with van der Waals surface area (Å²) >= 11 is 0. The quantitative estimate of drug-likeness (QED) is 0.521. The van der Waals surface area contributed by atoms with Crippen molar-refractivity contribution < 1.29 is 0 Å². The minimum Gasteiger partial charge on any atom is -0.261 e. The third-order valence-electron chi connectivity index (χ3n) is 4.26. The Morgan fingerprint density at radius 1 is 0.538 bits per heavy atom. The molecule has 2 nitrogen and oxygen atoms in total. The average Bonchev–Trinajstić information content (AvgIpc) is 2.65. The van der Waals surface area contributed by atoms with Gasteiger partial charge in [-0.2, -0.15) is 0 Å². The first kappa shape index (κ1) is 17.8. The van der Waals surface area contributed by atoms with Crippen LogP contribution in [0.4, 0.5) is 0 Å². The summed E-state index contributed by atoms with van der Waals surface area (Å²) in [7, 11) is 0. The van der Waals surface area contributed by atoms with Crippen LogP contribution in [-0.4, -0.2) is 12.4 Å². The molecule has 0 amide bonds. The predicted octanol–water partition coefficient (Wildman–Crippen LogP) is 5.85. The number of aryl methyl sites for hydroxylation is 3. The largest absolute Gasteiger partial charge is 0.261 e. The van der Waals surface area contributed by atoms with E-state index in [9.17, 15) is 0 Å². The van der Waals surface area contributed by atoms with Crippen molar-refractivity contribution in [3.63, 3.8) is 0 Å². The molecule has 0 saturated carbocycles. The highest BCUT2D eigenvalue weighted by atomic mass is 15.0. The Labute approximate surface area is 156 Å². The second kappa shape index (κ2) is 8.39. The standard InChI is InChI=1S/C24H24N2/c1-18-4-10-21(11-5-18)16-25-24(23-14-8-20(3)9-15-23)26-17-22-12-6-19(2)7-13-22/h4-17,24H,1-3H3. The van der Waals surface area contributed by atoms with Gasteiger partial charge in [0, 0.05) is 12.4 Å². The molecule has 0 aliphatic rings. The molecule has 0 bridgehead atoms. The number of aliphatic imine (C=N–C) groups is 2. The lowest BCUT2D eigenvalue weighted by Crippen LogP contribution is -1.95. The fourth-order valence-corrected chi connectivity index (χ4v) is 2.57. The fourth-order valence-electron chi connectivity index (χ4n) is 2.57. The van der Waals surface area contributed by atoms with E-state index >= 15 is 0 Å². The molecule has 2 heteroatoms. The molecule has 0 aliphatic heterocycles. The van der Waals surface area contributed by atoms with Gasteiger partial charge in [0.15, 0.2) is 6.17 Å². The molecule has 0 N–H and O–H groups in total. The molecule has 0 aromatic heterocycles. The lowest BCUT2D eigenvalue weighted by atomic mass is 10.1. The molecule has 0 atom stereocenters. The molecular formula is C24H24N2. The van der Waals surface area contributed by atoms with Crippen molar-refractivity contribution >= 4 is 12.4 Å². The van der Waals surface area contributed by atoms with E-state index in [0.717, 1.165) is 16.7 Å². The van der Waals surface area contributed by atoms with Crippen LogP contribution >= 0.6 is 0 Å². The summed E-state index contributed by atoms with van der Waals surface area (Å²) in [5, 5.41) is 0. The normalized spacial score (nSPS) is 12.7. The molecule has 0 heterocycles. The van der Waals surface area contributed by atoms with Crippen LogP contribution in [0.25, 0.3) is 0 Å². The zero-order valence-corrected chi connectivity index (χ0v) is 15.6. The average molecular weight is 340 g/mol. The molecule has 0 unspecified atom stereocenters. The number of hydrogen-bond donors (Lipinski definition) is 0. The van der Waals surface area contributed by atoms with Crippen LogP contribution in [0.1, 0.15) is 39.5 Å². The van der Waals surface area contributed by atoms with Crippen LogP contribution in [0, 0.1) is 20.8 Å². The van der Waals surface area contributed by atoms with Crippen molar-refractivity contribution in [2.24, 2.45) is 9.98 Å². The minimum atomic E-state index is -0.252. The lowest BCUT2D eigenvalue weighted by molar-refractivity contribution is 0.787. The number of rotatable bonds is 5. The second-order valence-corrected chi connectivity index (χ2v) is 6.66. The fraction of sp³-hybridized carbons (Fsp3) is 0.167.